The number of hydrogen-bond donors (Lipinski definition) is 2. The van der Waals surface area contributed by atoms with Crippen LogP contribution in [0.15, 0.2) is 47.6 Å². The highest BCUT2D eigenvalue weighted by atomic mass is 32.2. The number of methoxy groups -OCH3 is 1. The monoisotopic (exact) mass is 413 g/mol. The normalized spacial score (nSPS) is 10.6. The van der Waals surface area contributed by atoms with Gasteiger partial charge in [-0.2, -0.15) is 0 Å². The SMILES string of the molecule is COc1cccc(OCc2nnc(SCC(=O)Nc3c(C)cccc3C)n2N)c1. The minimum Gasteiger partial charge on any atom is -0.497 e. The van der Waals surface area contributed by atoms with E-state index in [9.17, 15) is 4.79 Å². The van der Waals surface area contributed by atoms with Crippen molar-refractivity contribution in [1.29, 1.82) is 0 Å². The second-order valence-corrected chi connectivity index (χ2v) is 7.28. The number of hydrogen-bond acceptors (Lipinski definition) is 7. The van der Waals surface area contributed by atoms with Crippen molar-refractivity contribution in [3.05, 3.63) is 59.4 Å². The van der Waals surface area contributed by atoms with Gasteiger partial charge in [-0.05, 0) is 37.1 Å². The van der Waals surface area contributed by atoms with Gasteiger partial charge in [0.25, 0.3) is 0 Å². The van der Waals surface area contributed by atoms with Gasteiger partial charge in [0.2, 0.25) is 11.1 Å². The second-order valence-electron chi connectivity index (χ2n) is 6.34. The third kappa shape index (κ3) is 5.20. The Bertz CT molecular complexity index is 985. The quantitative estimate of drug-likeness (QED) is 0.432. The van der Waals surface area contributed by atoms with Crippen LogP contribution >= 0.6 is 11.8 Å². The standard InChI is InChI=1S/C20H23N5O3S/c1-13-6-4-7-14(2)19(13)22-18(26)12-29-20-24-23-17(25(20)21)11-28-16-9-5-8-15(10-16)27-3/h4-10H,11-12,21H2,1-3H3,(H,22,26). The maximum absolute atomic E-state index is 12.3. The van der Waals surface area contributed by atoms with Gasteiger partial charge in [0.15, 0.2) is 5.82 Å². The number of benzene rings is 2. The zero-order valence-corrected chi connectivity index (χ0v) is 17.3. The molecule has 1 amide bonds. The molecule has 0 aliphatic rings. The number of amides is 1. The first-order chi connectivity index (χ1) is 14.0. The van der Waals surface area contributed by atoms with E-state index in [0.717, 1.165) is 16.8 Å². The molecular weight excluding hydrogens is 390 g/mol. The average molecular weight is 414 g/mol. The number of carbonyl (C=O) groups excluding carboxylic acids is 1. The maximum Gasteiger partial charge on any atom is 0.234 e. The van der Waals surface area contributed by atoms with Crippen molar-refractivity contribution in [2.75, 3.05) is 24.0 Å². The Morgan fingerprint density at radius 2 is 1.83 bits per heavy atom. The molecule has 1 aromatic heterocycles. The predicted molar refractivity (Wildman–Crippen MR) is 113 cm³/mol. The summed E-state index contributed by atoms with van der Waals surface area (Å²) in [5.74, 6) is 7.86. The van der Waals surface area contributed by atoms with Crippen LogP contribution < -0.4 is 20.6 Å². The largest absolute Gasteiger partial charge is 0.497 e. The molecule has 0 aliphatic heterocycles. The lowest BCUT2D eigenvalue weighted by Gasteiger charge is -2.11. The van der Waals surface area contributed by atoms with Crippen molar-refractivity contribution in [1.82, 2.24) is 14.9 Å². The van der Waals surface area contributed by atoms with Crippen LogP contribution in [0, 0.1) is 13.8 Å². The molecule has 0 unspecified atom stereocenters. The molecule has 1 heterocycles. The molecular formula is C20H23N5O3S. The first-order valence-electron chi connectivity index (χ1n) is 8.93. The van der Waals surface area contributed by atoms with Gasteiger partial charge in [0.1, 0.15) is 18.1 Å². The number of nitrogen functional groups attached to an aromatic ring is 1. The summed E-state index contributed by atoms with van der Waals surface area (Å²) in [6.07, 6.45) is 0. The number of aryl methyl sites for hydroxylation is 2. The highest BCUT2D eigenvalue weighted by Gasteiger charge is 2.14. The van der Waals surface area contributed by atoms with Crippen LogP contribution in [0.3, 0.4) is 0 Å². The molecule has 3 aromatic rings. The van der Waals surface area contributed by atoms with Crippen LogP contribution in [0.5, 0.6) is 11.5 Å². The van der Waals surface area contributed by atoms with Crippen LogP contribution in [0.1, 0.15) is 17.0 Å². The predicted octanol–water partition coefficient (Wildman–Crippen LogP) is 2.93. The van der Waals surface area contributed by atoms with Gasteiger partial charge >= 0.3 is 0 Å². The maximum atomic E-state index is 12.3. The summed E-state index contributed by atoms with van der Waals surface area (Å²) < 4.78 is 12.2. The third-order valence-electron chi connectivity index (χ3n) is 4.22. The van der Waals surface area contributed by atoms with Gasteiger partial charge in [-0.1, -0.05) is 36.0 Å². The number of para-hydroxylation sites is 1. The van der Waals surface area contributed by atoms with Crippen molar-refractivity contribution in [3.63, 3.8) is 0 Å². The molecule has 0 saturated heterocycles. The highest BCUT2D eigenvalue weighted by molar-refractivity contribution is 7.99. The summed E-state index contributed by atoms with van der Waals surface area (Å²) in [5, 5.41) is 11.5. The molecule has 0 fully saturated rings. The first-order valence-corrected chi connectivity index (χ1v) is 9.91. The van der Waals surface area contributed by atoms with Gasteiger partial charge in [-0.25, -0.2) is 4.68 Å². The minimum atomic E-state index is -0.135. The molecule has 0 saturated carbocycles. The molecule has 3 rings (SSSR count). The Morgan fingerprint density at radius 3 is 2.55 bits per heavy atom. The summed E-state index contributed by atoms with van der Waals surface area (Å²) in [4.78, 5) is 12.3. The Labute approximate surface area is 173 Å². The van der Waals surface area contributed by atoms with Gasteiger partial charge < -0.3 is 20.6 Å². The second kappa shape index (κ2) is 9.33. The van der Waals surface area contributed by atoms with E-state index in [4.69, 9.17) is 15.3 Å². The molecule has 9 heteroatoms. The number of aromatic nitrogens is 3. The number of thioether (sulfide) groups is 1. The Morgan fingerprint density at radius 1 is 1.14 bits per heavy atom. The fourth-order valence-electron chi connectivity index (χ4n) is 2.66. The molecule has 29 heavy (non-hydrogen) atoms. The van der Waals surface area contributed by atoms with E-state index in [-0.39, 0.29) is 18.3 Å². The minimum absolute atomic E-state index is 0.135. The van der Waals surface area contributed by atoms with Crippen LogP contribution in [-0.4, -0.2) is 33.6 Å². The van der Waals surface area contributed by atoms with Gasteiger partial charge in [0, 0.05) is 11.8 Å². The number of anilines is 1. The topological polar surface area (TPSA) is 104 Å². The fourth-order valence-corrected chi connectivity index (χ4v) is 3.34. The lowest BCUT2D eigenvalue weighted by atomic mass is 10.1. The van der Waals surface area contributed by atoms with Crippen molar-refractivity contribution in [3.8, 4) is 11.5 Å². The molecule has 3 N–H and O–H groups in total. The summed E-state index contributed by atoms with van der Waals surface area (Å²) in [6.45, 7) is 4.06. The first kappa shape index (κ1) is 20.5. The van der Waals surface area contributed by atoms with E-state index in [1.807, 2.05) is 50.2 Å². The lowest BCUT2D eigenvalue weighted by Crippen LogP contribution is -2.18. The summed E-state index contributed by atoms with van der Waals surface area (Å²) in [7, 11) is 1.59. The molecule has 0 spiro atoms. The fraction of sp³-hybridized carbons (Fsp3) is 0.250. The van der Waals surface area contributed by atoms with E-state index < -0.39 is 0 Å². The van der Waals surface area contributed by atoms with Crippen molar-refractivity contribution >= 4 is 23.4 Å². The Balaban J connectivity index is 1.56. The van der Waals surface area contributed by atoms with Gasteiger partial charge in [-0.3, -0.25) is 4.79 Å². The zero-order chi connectivity index (χ0) is 20.8. The molecule has 0 aliphatic carbocycles. The highest BCUT2D eigenvalue weighted by Crippen LogP contribution is 2.22. The van der Waals surface area contributed by atoms with E-state index >= 15 is 0 Å². The zero-order valence-electron chi connectivity index (χ0n) is 16.5. The van der Waals surface area contributed by atoms with Crippen molar-refractivity contribution in [2.24, 2.45) is 0 Å². The number of rotatable bonds is 8. The molecule has 8 nitrogen and oxygen atoms in total. The van der Waals surface area contributed by atoms with E-state index in [0.29, 0.717) is 22.5 Å². The summed E-state index contributed by atoms with van der Waals surface area (Å²) in [5.41, 5.74) is 2.87. The lowest BCUT2D eigenvalue weighted by molar-refractivity contribution is -0.113. The Kier molecular flexibility index (Phi) is 6.61. The molecule has 0 atom stereocenters. The van der Waals surface area contributed by atoms with Crippen molar-refractivity contribution < 1.29 is 14.3 Å². The van der Waals surface area contributed by atoms with Crippen LogP contribution in [-0.2, 0) is 11.4 Å². The number of ether oxygens (including phenoxy) is 2. The third-order valence-corrected chi connectivity index (χ3v) is 5.17. The number of carbonyl (C=O) groups is 1. The summed E-state index contributed by atoms with van der Waals surface area (Å²) >= 11 is 1.21. The van der Waals surface area contributed by atoms with E-state index in [1.54, 1.807) is 13.2 Å². The Hall–Kier alpha value is -3.20. The smallest absolute Gasteiger partial charge is 0.234 e. The van der Waals surface area contributed by atoms with Crippen LogP contribution in [0.25, 0.3) is 0 Å². The number of nitrogens with one attached hydrogen (secondary N) is 1. The molecule has 0 bridgehead atoms. The van der Waals surface area contributed by atoms with Crippen LogP contribution in [0.4, 0.5) is 5.69 Å². The van der Waals surface area contributed by atoms with E-state index in [2.05, 4.69) is 15.5 Å². The number of nitrogens with zero attached hydrogens (tertiary/aromatic N) is 3. The number of nitrogens with two attached hydrogens (primary N) is 1. The average Bonchev–Trinajstić information content (AvgIpc) is 3.07. The van der Waals surface area contributed by atoms with E-state index in [1.165, 1.54) is 16.4 Å². The molecule has 2 aromatic carbocycles. The summed E-state index contributed by atoms with van der Waals surface area (Å²) in [6, 6.07) is 13.1. The van der Waals surface area contributed by atoms with Crippen molar-refractivity contribution in [2.45, 2.75) is 25.6 Å². The molecule has 0 radical (unpaired) electrons. The van der Waals surface area contributed by atoms with Gasteiger partial charge in [-0.15, -0.1) is 10.2 Å². The van der Waals surface area contributed by atoms with Crippen LogP contribution in [0.2, 0.25) is 0 Å². The molecule has 152 valence electrons. The van der Waals surface area contributed by atoms with Gasteiger partial charge in [0.05, 0.1) is 12.9 Å².